The molecule has 0 aromatic carbocycles. The number of ether oxygens (including phenoxy) is 1. The number of esters is 1. The van der Waals surface area contributed by atoms with Crippen molar-refractivity contribution in [3.63, 3.8) is 0 Å². The van der Waals surface area contributed by atoms with Gasteiger partial charge in [0.25, 0.3) is 6.08 Å². The summed E-state index contributed by atoms with van der Waals surface area (Å²) in [6, 6.07) is 0. The average molecular weight is 654 g/mol. The Labute approximate surface area is 202 Å². The van der Waals surface area contributed by atoms with E-state index in [4.69, 9.17) is 0 Å². The van der Waals surface area contributed by atoms with E-state index in [1.54, 1.807) is 0 Å². The number of rotatable bonds is 11. The van der Waals surface area contributed by atoms with Crippen LogP contribution in [0.3, 0.4) is 0 Å². The summed E-state index contributed by atoms with van der Waals surface area (Å²) >= 11 is 0. The van der Waals surface area contributed by atoms with Gasteiger partial charge in [0.15, 0.2) is 5.57 Å². The van der Waals surface area contributed by atoms with Gasteiger partial charge in [0.05, 0.1) is 6.61 Å². The third kappa shape index (κ3) is 4.66. The summed E-state index contributed by atoms with van der Waals surface area (Å²) in [6.07, 6.45) is -12.6. The summed E-state index contributed by atoms with van der Waals surface area (Å²) in [6.45, 7) is -0.869. The van der Waals surface area contributed by atoms with Gasteiger partial charge < -0.3 is 4.74 Å². The fourth-order valence-electron chi connectivity index (χ4n) is 2.24. The van der Waals surface area contributed by atoms with Gasteiger partial charge in [-0.25, -0.2) is 4.79 Å². The minimum absolute atomic E-state index is 0.506. The zero-order valence-corrected chi connectivity index (χ0v) is 17.7. The highest BCUT2D eigenvalue weighted by Crippen LogP contribution is 2.66. The van der Waals surface area contributed by atoms with Crippen molar-refractivity contribution in [2.24, 2.45) is 0 Å². The van der Waals surface area contributed by atoms with E-state index in [1.165, 1.54) is 0 Å². The molecule has 0 aliphatic carbocycles. The zero-order chi connectivity index (χ0) is 33.1. The molecule has 0 aliphatic rings. The van der Waals surface area contributed by atoms with E-state index >= 15 is 0 Å². The van der Waals surface area contributed by atoms with Crippen molar-refractivity contribution in [3.8, 4) is 0 Å². The van der Waals surface area contributed by atoms with E-state index in [9.17, 15) is 106 Å². The van der Waals surface area contributed by atoms with Crippen molar-refractivity contribution in [2.75, 3.05) is 6.61 Å². The normalized spacial score (nSPS) is 15.7. The van der Waals surface area contributed by atoms with Crippen molar-refractivity contribution in [3.05, 3.63) is 11.7 Å². The Bertz CT molecular complexity index is 983. The molecule has 0 rings (SSSR count). The molecule has 0 atom stereocenters. The molecule has 40 heavy (non-hydrogen) atoms. The van der Waals surface area contributed by atoms with Gasteiger partial charge in [-0.05, 0) is 6.92 Å². The lowest BCUT2D eigenvalue weighted by molar-refractivity contribution is -0.473. The van der Waals surface area contributed by atoms with Crippen molar-refractivity contribution in [1.82, 2.24) is 0 Å². The Kier molecular flexibility index (Phi) is 9.27. The standard InChI is InChI=1S/C15H5F23O2/c1-2-40-5(39)3(4(16)17)6(18,19)7(20,21)8(22,23)9(24,25)10(26,27)11(28,29)12(30,31)13(32,33)14(34,35)15(36,37)38/h2H2,1H3. The summed E-state index contributed by atoms with van der Waals surface area (Å²) in [5.74, 6) is -84.3. The Morgan fingerprint density at radius 2 is 0.725 bits per heavy atom. The van der Waals surface area contributed by atoms with Gasteiger partial charge >= 0.3 is 65.4 Å². The van der Waals surface area contributed by atoms with Gasteiger partial charge in [0.1, 0.15) is 0 Å². The van der Waals surface area contributed by atoms with Crippen LogP contribution in [0.5, 0.6) is 0 Å². The topological polar surface area (TPSA) is 26.3 Å². The summed E-state index contributed by atoms with van der Waals surface area (Å²) < 4.78 is 307. The molecule has 2 nitrogen and oxygen atoms in total. The van der Waals surface area contributed by atoms with Gasteiger partial charge in [-0.1, -0.05) is 0 Å². The van der Waals surface area contributed by atoms with Crippen LogP contribution in [0.15, 0.2) is 11.7 Å². The number of hydrogen-bond acceptors (Lipinski definition) is 2. The van der Waals surface area contributed by atoms with E-state index < -0.39 is 83.7 Å². The zero-order valence-electron chi connectivity index (χ0n) is 17.7. The summed E-state index contributed by atoms with van der Waals surface area (Å²) in [4.78, 5) is 11.0. The number of hydrogen-bond donors (Lipinski definition) is 0. The Morgan fingerprint density at radius 3 is 0.950 bits per heavy atom. The fourth-order valence-corrected chi connectivity index (χ4v) is 2.24. The highest BCUT2D eigenvalue weighted by Gasteiger charge is 2.98. The molecule has 0 spiro atoms. The SMILES string of the molecule is CCOC(=O)C(=C(F)F)C(F)(F)C(F)(F)C(F)(F)C(F)(F)C(F)(F)C(F)(F)C(F)(F)C(F)(F)C(F)(F)C(F)(F)F. The molecular weight excluding hydrogens is 649 g/mol. The molecule has 0 aromatic rings. The number of carbonyl (C=O) groups is 1. The predicted octanol–water partition coefficient (Wildman–Crippen LogP) is 7.98. The molecule has 0 fully saturated rings. The molecule has 0 saturated carbocycles. The molecule has 0 radical (unpaired) electrons. The Morgan fingerprint density at radius 1 is 0.475 bits per heavy atom. The molecule has 0 aromatic heterocycles. The molecule has 238 valence electrons. The summed E-state index contributed by atoms with van der Waals surface area (Å²) in [7, 11) is 0. The van der Waals surface area contributed by atoms with Crippen molar-refractivity contribution < 1.29 is 111 Å². The van der Waals surface area contributed by atoms with E-state index in [0.29, 0.717) is 6.92 Å². The second kappa shape index (κ2) is 9.86. The molecule has 0 heterocycles. The van der Waals surface area contributed by atoms with E-state index in [1.807, 2.05) is 0 Å². The third-order valence-electron chi connectivity index (χ3n) is 4.49. The van der Waals surface area contributed by atoms with Gasteiger partial charge in [0, 0.05) is 0 Å². The lowest BCUT2D eigenvalue weighted by Gasteiger charge is -2.44. The Hall–Kier alpha value is -2.40. The molecule has 0 aliphatic heterocycles. The Balaban J connectivity index is 7.34. The van der Waals surface area contributed by atoms with Crippen LogP contribution < -0.4 is 0 Å². The first kappa shape index (κ1) is 37.6. The van der Waals surface area contributed by atoms with E-state index in [2.05, 4.69) is 4.74 Å². The van der Waals surface area contributed by atoms with Gasteiger partial charge in [0.2, 0.25) is 0 Å². The minimum Gasteiger partial charge on any atom is -0.462 e. The molecule has 0 bridgehead atoms. The maximum absolute atomic E-state index is 13.8. The molecule has 0 saturated heterocycles. The largest absolute Gasteiger partial charge is 0.462 e. The van der Waals surface area contributed by atoms with E-state index in [0.717, 1.165) is 0 Å². The van der Waals surface area contributed by atoms with Crippen LogP contribution in [0.2, 0.25) is 0 Å². The molecule has 0 N–H and O–H groups in total. The quantitative estimate of drug-likeness (QED) is 0.128. The maximum atomic E-state index is 13.8. The highest BCUT2D eigenvalue weighted by molar-refractivity contribution is 5.91. The highest BCUT2D eigenvalue weighted by atomic mass is 19.4. The van der Waals surface area contributed by atoms with Crippen LogP contribution in [0.4, 0.5) is 101 Å². The molecular formula is C15H5F23O2. The van der Waals surface area contributed by atoms with Crippen LogP contribution in [0.1, 0.15) is 6.92 Å². The van der Waals surface area contributed by atoms with Crippen molar-refractivity contribution >= 4 is 5.97 Å². The van der Waals surface area contributed by atoms with Gasteiger partial charge in [-0.15, -0.1) is 0 Å². The van der Waals surface area contributed by atoms with Crippen LogP contribution in [-0.2, 0) is 9.53 Å². The van der Waals surface area contributed by atoms with Crippen LogP contribution in [0.25, 0.3) is 0 Å². The van der Waals surface area contributed by atoms with Gasteiger partial charge in [-0.3, -0.25) is 0 Å². The smallest absolute Gasteiger partial charge is 0.460 e. The number of carbonyl (C=O) groups excluding carboxylic acids is 1. The van der Waals surface area contributed by atoms with Crippen LogP contribution in [0, 0.1) is 0 Å². The fraction of sp³-hybridized carbons (Fsp3) is 0.800. The predicted molar refractivity (Wildman–Crippen MR) is 76.5 cm³/mol. The molecule has 0 unspecified atom stereocenters. The van der Waals surface area contributed by atoms with E-state index in [-0.39, 0.29) is 0 Å². The van der Waals surface area contributed by atoms with Crippen molar-refractivity contribution in [1.29, 1.82) is 0 Å². The lowest BCUT2D eigenvalue weighted by Crippen LogP contribution is -2.77. The van der Waals surface area contributed by atoms with Crippen LogP contribution in [-0.4, -0.2) is 72.1 Å². The first-order valence-corrected chi connectivity index (χ1v) is 8.75. The molecule has 25 heteroatoms. The minimum atomic E-state index is -9.43. The van der Waals surface area contributed by atoms with Crippen molar-refractivity contribution in [2.45, 2.75) is 66.4 Å². The molecule has 0 amide bonds. The maximum Gasteiger partial charge on any atom is 0.460 e. The summed E-state index contributed by atoms with van der Waals surface area (Å²) in [5, 5.41) is 0. The second-order valence-electron chi connectivity index (χ2n) is 7.02. The second-order valence-corrected chi connectivity index (χ2v) is 7.02. The van der Waals surface area contributed by atoms with Gasteiger partial charge in [-0.2, -0.15) is 101 Å². The average Bonchev–Trinajstić information content (AvgIpc) is 2.71. The monoisotopic (exact) mass is 654 g/mol. The number of alkyl halides is 21. The summed E-state index contributed by atoms with van der Waals surface area (Å²) in [5.41, 5.74) is -4.34. The number of halogens is 23. The van der Waals surface area contributed by atoms with Crippen LogP contribution >= 0.6 is 0 Å². The first-order chi connectivity index (χ1) is 17.1. The third-order valence-corrected chi connectivity index (χ3v) is 4.49. The lowest BCUT2D eigenvalue weighted by atomic mass is 9.85. The first-order valence-electron chi connectivity index (χ1n) is 8.75.